The first-order valence-corrected chi connectivity index (χ1v) is 10.3. The predicted octanol–water partition coefficient (Wildman–Crippen LogP) is 0.848. The van der Waals surface area contributed by atoms with Crippen LogP contribution in [0.15, 0.2) is 42.5 Å². The molecule has 0 bridgehead atoms. The van der Waals surface area contributed by atoms with Crippen LogP contribution in [0.25, 0.3) is 18.2 Å². The van der Waals surface area contributed by atoms with E-state index in [-0.39, 0.29) is 22.8 Å². The lowest BCUT2D eigenvalue weighted by molar-refractivity contribution is -0.277. The molecule has 0 aliphatic carbocycles. The van der Waals surface area contributed by atoms with Crippen LogP contribution in [0, 0.1) is 0 Å². The van der Waals surface area contributed by atoms with Crippen molar-refractivity contribution in [1.29, 1.82) is 0 Å². The summed E-state index contributed by atoms with van der Waals surface area (Å²) in [5.41, 5.74) is 1.70. The van der Waals surface area contributed by atoms with Crippen LogP contribution in [0.3, 0.4) is 0 Å². The smallest absolute Gasteiger partial charge is 0.328 e. The van der Waals surface area contributed by atoms with Crippen LogP contribution in [0.4, 0.5) is 0 Å². The Balaban J connectivity index is 1.98. The number of hydrogen-bond donors (Lipinski definition) is 6. The van der Waals surface area contributed by atoms with Gasteiger partial charge in [0.2, 0.25) is 6.29 Å². The van der Waals surface area contributed by atoms with Crippen molar-refractivity contribution in [1.82, 2.24) is 0 Å². The summed E-state index contributed by atoms with van der Waals surface area (Å²) in [6.07, 6.45) is -1.85. The zero-order valence-corrected chi connectivity index (χ0v) is 18.2. The maximum Gasteiger partial charge on any atom is 0.328 e. The highest BCUT2D eigenvalue weighted by atomic mass is 16.7. The molecule has 6 N–H and O–H groups in total. The minimum absolute atomic E-state index is 0.0195. The fraction of sp³-hybridized carbons (Fsp3) is 0.292. The fourth-order valence-electron chi connectivity index (χ4n) is 3.36. The Hall–Kier alpha value is -3.41. The number of carboxylic acids is 1. The SMILES string of the molecule is COc1cc(/C=C/c2ccc(O)cc2)cc(/C=C/C(=O)O)c1O[C@@H]1O[C@H](CO)[C@@H](O)[C@H](O)[C@H]1O. The third-order valence-corrected chi connectivity index (χ3v) is 5.18. The minimum atomic E-state index is -1.66. The highest BCUT2D eigenvalue weighted by Gasteiger charge is 2.45. The molecule has 0 saturated carbocycles. The Labute approximate surface area is 195 Å². The van der Waals surface area contributed by atoms with Crippen LogP contribution in [-0.2, 0) is 9.53 Å². The van der Waals surface area contributed by atoms with Gasteiger partial charge in [-0.2, -0.15) is 0 Å². The summed E-state index contributed by atoms with van der Waals surface area (Å²) in [7, 11) is 1.37. The average Bonchev–Trinajstić information content (AvgIpc) is 2.83. The van der Waals surface area contributed by atoms with Crippen molar-refractivity contribution < 1.29 is 49.6 Å². The van der Waals surface area contributed by atoms with Gasteiger partial charge in [-0.05, 0) is 41.5 Å². The monoisotopic (exact) mass is 474 g/mol. The highest BCUT2D eigenvalue weighted by molar-refractivity contribution is 5.87. The van der Waals surface area contributed by atoms with E-state index >= 15 is 0 Å². The van der Waals surface area contributed by atoms with Crippen molar-refractivity contribution in [2.75, 3.05) is 13.7 Å². The van der Waals surface area contributed by atoms with Crippen molar-refractivity contribution >= 4 is 24.2 Å². The van der Waals surface area contributed by atoms with Gasteiger partial charge in [-0.15, -0.1) is 0 Å². The summed E-state index contributed by atoms with van der Waals surface area (Å²) < 4.78 is 16.6. The molecule has 2 aromatic carbocycles. The molecule has 182 valence electrons. The van der Waals surface area contributed by atoms with Gasteiger partial charge in [0.05, 0.1) is 13.7 Å². The number of aliphatic hydroxyl groups excluding tert-OH is 4. The molecule has 0 aromatic heterocycles. The van der Waals surface area contributed by atoms with Crippen molar-refractivity contribution in [3.63, 3.8) is 0 Å². The first-order chi connectivity index (χ1) is 16.2. The second-order valence-electron chi connectivity index (χ2n) is 7.55. The Kier molecular flexibility index (Phi) is 8.26. The number of carboxylic acid groups (broad SMARTS) is 1. The molecule has 10 nitrogen and oxygen atoms in total. The molecule has 1 saturated heterocycles. The summed E-state index contributed by atoms with van der Waals surface area (Å²) >= 11 is 0. The van der Waals surface area contributed by atoms with Gasteiger partial charge in [0.1, 0.15) is 30.2 Å². The second kappa shape index (κ2) is 11.1. The predicted molar refractivity (Wildman–Crippen MR) is 121 cm³/mol. The number of phenolic OH excluding ortho intramolecular Hbond substituents is 1. The van der Waals surface area contributed by atoms with Crippen LogP contribution >= 0.6 is 0 Å². The van der Waals surface area contributed by atoms with Crippen molar-refractivity contribution in [2.45, 2.75) is 30.7 Å². The molecular weight excluding hydrogens is 448 g/mol. The first kappa shape index (κ1) is 25.2. The fourth-order valence-corrected chi connectivity index (χ4v) is 3.36. The highest BCUT2D eigenvalue weighted by Crippen LogP contribution is 2.37. The molecule has 2 aromatic rings. The maximum atomic E-state index is 11.1. The van der Waals surface area contributed by atoms with E-state index in [1.165, 1.54) is 13.2 Å². The van der Waals surface area contributed by atoms with Crippen molar-refractivity contribution in [3.05, 3.63) is 59.2 Å². The number of aliphatic carboxylic acids is 1. The third kappa shape index (κ3) is 5.93. The molecule has 1 aliphatic rings. The van der Waals surface area contributed by atoms with E-state index in [0.29, 0.717) is 5.56 Å². The molecule has 34 heavy (non-hydrogen) atoms. The van der Waals surface area contributed by atoms with Gasteiger partial charge in [-0.25, -0.2) is 4.79 Å². The van der Waals surface area contributed by atoms with Gasteiger partial charge < -0.3 is 44.8 Å². The molecule has 3 rings (SSSR count). The van der Waals surface area contributed by atoms with Gasteiger partial charge in [-0.3, -0.25) is 0 Å². The van der Waals surface area contributed by atoms with Gasteiger partial charge in [0.15, 0.2) is 11.5 Å². The molecule has 1 fully saturated rings. The molecule has 0 spiro atoms. The lowest BCUT2D eigenvalue weighted by Gasteiger charge is -2.39. The summed E-state index contributed by atoms with van der Waals surface area (Å²) in [6.45, 7) is -0.630. The van der Waals surface area contributed by atoms with E-state index in [2.05, 4.69) is 0 Å². The van der Waals surface area contributed by atoms with E-state index in [4.69, 9.17) is 19.3 Å². The molecule has 5 atom stereocenters. The van der Waals surface area contributed by atoms with Crippen molar-refractivity contribution in [2.24, 2.45) is 0 Å². The topological polar surface area (TPSA) is 166 Å². The van der Waals surface area contributed by atoms with E-state index in [1.54, 1.807) is 48.6 Å². The van der Waals surface area contributed by atoms with E-state index < -0.39 is 43.3 Å². The number of phenols is 1. The third-order valence-electron chi connectivity index (χ3n) is 5.18. The maximum absolute atomic E-state index is 11.1. The summed E-state index contributed by atoms with van der Waals surface area (Å²) in [4.78, 5) is 11.1. The Bertz CT molecular complexity index is 1040. The number of aromatic hydroxyl groups is 1. The second-order valence-corrected chi connectivity index (χ2v) is 7.55. The van der Waals surface area contributed by atoms with Crippen LogP contribution in [-0.4, -0.2) is 81.0 Å². The minimum Gasteiger partial charge on any atom is -0.508 e. The number of ether oxygens (including phenoxy) is 3. The number of benzene rings is 2. The van der Waals surface area contributed by atoms with E-state index in [1.807, 2.05) is 0 Å². The van der Waals surface area contributed by atoms with Crippen LogP contribution in [0.5, 0.6) is 17.2 Å². The molecule has 0 radical (unpaired) electrons. The van der Waals surface area contributed by atoms with E-state index in [9.17, 15) is 30.3 Å². The van der Waals surface area contributed by atoms with Gasteiger partial charge in [0.25, 0.3) is 0 Å². The van der Waals surface area contributed by atoms with Crippen molar-refractivity contribution in [3.8, 4) is 17.2 Å². The van der Waals surface area contributed by atoms with Gasteiger partial charge in [0, 0.05) is 11.6 Å². The van der Waals surface area contributed by atoms with E-state index in [0.717, 1.165) is 11.6 Å². The molecular formula is C24H26O10. The number of hydrogen-bond acceptors (Lipinski definition) is 9. The van der Waals surface area contributed by atoms with Crippen LogP contribution in [0.1, 0.15) is 16.7 Å². The Morgan fingerprint density at radius 1 is 1.00 bits per heavy atom. The Morgan fingerprint density at radius 2 is 1.68 bits per heavy atom. The number of carbonyl (C=O) groups is 1. The average molecular weight is 474 g/mol. The summed E-state index contributed by atoms with van der Waals surface area (Å²) in [6, 6.07) is 9.72. The standard InChI is InChI=1S/C24H26O10/c1-32-17-11-14(3-2-13-4-7-16(26)8-5-13)10-15(6-9-19(27)28)23(17)34-24-22(31)21(30)20(29)18(12-25)33-24/h2-11,18,20-22,24-26,29-31H,12H2,1H3,(H,27,28)/b3-2+,9-6+/t18-,20-,21+,22-,24+/m1/s1. The Morgan fingerprint density at radius 3 is 2.29 bits per heavy atom. The van der Waals surface area contributed by atoms with Crippen LogP contribution in [0.2, 0.25) is 0 Å². The molecule has 10 heteroatoms. The zero-order valence-electron chi connectivity index (χ0n) is 18.2. The lowest BCUT2D eigenvalue weighted by Crippen LogP contribution is -2.60. The number of aliphatic hydroxyl groups is 4. The van der Waals surface area contributed by atoms with Crippen LogP contribution < -0.4 is 9.47 Å². The summed E-state index contributed by atoms with van der Waals surface area (Å²) in [5, 5.41) is 58.2. The normalized spacial score (nSPS) is 25.0. The quantitative estimate of drug-likeness (QED) is 0.238. The number of rotatable bonds is 8. The van der Waals surface area contributed by atoms with Gasteiger partial charge in [-0.1, -0.05) is 24.3 Å². The molecule has 1 aliphatic heterocycles. The zero-order chi connectivity index (χ0) is 24.8. The molecule has 0 amide bonds. The summed E-state index contributed by atoms with van der Waals surface area (Å²) in [5.74, 6) is -0.877. The largest absolute Gasteiger partial charge is 0.508 e. The lowest BCUT2D eigenvalue weighted by atomic mass is 9.99. The van der Waals surface area contributed by atoms with Gasteiger partial charge >= 0.3 is 5.97 Å². The number of methoxy groups -OCH3 is 1. The first-order valence-electron chi connectivity index (χ1n) is 10.3. The molecule has 0 unspecified atom stereocenters. The molecule has 1 heterocycles.